The molecule has 0 amide bonds. The highest BCUT2D eigenvalue weighted by atomic mass is 127. The molecule has 4 N–H and O–H groups in total. The maximum absolute atomic E-state index is 14.6. The van der Waals surface area contributed by atoms with Crippen LogP contribution in [0.2, 0.25) is 5.15 Å². The fraction of sp³-hybridized carbons (Fsp3) is 0.245. The molecule has 7 aromatic rings. The van der Waals surface area contributed by atoms with Gasteiger partial charge < -0.3 is 20.9 Å². The van der Waals surface area contributed by atoms with Gasteiger partial charge in [-0.05, 0) is 150 Å². The molecule has 73 heavy (non-hydrogen) atoms. The van der Waals surface area contributed by atoms with E-state index in [2.05, 4.69) is 37.5 Å². The van der Waals surface area contributed by atoms with E-state index in [1.807, 2.05) is 53.7 Å². The fourth-order valence-electron chi connectivity index (χ4n) is 7.21. The lowest BCUT2D eigenvalue weighted by Gasteiger charge is -2.15. The maximum atomic E-state index is 14.6. The molecule has 14 nitrogen and oxygen atoms in total. The van der Waals surface area contributed by atoms with Crippen LogP contribution in [0.1, 0.15) is 70.8 Å². The first-order valence-corrected chi connectivity index (χ1v) is 27.4. The Bertz CT molecular complexity index is 3410. The maximum Gasteiger partial charge on any atom is 0.203 e. The Morgan fingerprint density at radius 3 is 1.49 bits per heavy atom. The van der Waals surface area contributed by atoms with Crippen molar-refractivity contribution in [1.82, 2.24) is 19.9 Å². The zero-order chi connectivity index (χ0) is 53.4. The molecule has 382 valence electrons. The minimum Gasteiger partial charge on any atom is -0.493 e. The molecular weight excluding hydrogens is 1110 g/mol. The minimum atomic E-state index is -4.06. The van der Waals surface area contributed by atoms with E-state index in [1.54, 1.807) is 24.3 Å². The molecule has 0 spiro atoms. The quantitative estimate of drug-likeness (QED) is 0.0463. The average molecular weight is 1170 g/mol. The summed E-state index contributed by atoms with van der Waals surface area (Å²) in [5, 5.41) is -0.771. The van der Waals surface area contributed by atoms with Gasteiger partial charge in [0.05, 0.1) is 35.9 Å². The van der Waals surface area contributed by atoms with Crippen LogP contribution in [0.4, 0.5) is 20.4 Å². The van der Waals surface area contributed by atoms with Gasteiger partial charge in [0, 0.05) is 38.8 Å². The summed E-state index contributed by atoms with van der Waals surface area (Å²) in [7, 11) is -8.09. The number of sulfone groups is 2. The van der Waals surface area contributed by atoms with E-state index >= 15 is 0 Å². The van der Waals surface area contributed by atoms with Gasteiger partial charge in [-0.15, -0.1) is 0 Å². The Morgan fingerprint density at radius 2 is 1.05 bits per heavy atom. The molecule has 0 saturated carbocycles. The topological polar surface area (TPSA) is 224 Å². The number of aryl methyl sites for hydroxylation is 2. The van der Waals surface area contributed by atoms with Crippen molar-refractivity contribution in [2.75, 3.05) is 36.2 Å². The predicted molar refractivity (Wildman–Crippen MR) is 286 cm³/mol. The number of nitrogens with zero attached hydrogens (tertiary/aromatic N) is 4. The molecule has 0 aliphatic carbocycles. The number of hydrogen-bond donors (Lipinski definition) is 2. The number of Topliss-reactive ketones (excluding diaryl/α,β-unsaturated/α-hetero) is 2. The second-order valence-corrected chi connectivity index (χ2v) is 23.3. The van der Waals surface area contributed by atoms with Gasteiger partial charge in [0.1, 0.15) is 51.4 Å². The molecule has 0 aliphatic heterocycles. The van der Waals surface area contributed by atoms with Crippen LogP contribution < -0.4 is 20.9 Å². The first-order valence-electron chi connectivity index (χ1n) is 22.6. The SMILES string of the molecule is CC(C)COc1cc(F)cc(-c2ccc(C(=O)CS(=O)(=O)c3cccc(N)n3)c(Cl)n2)c1.Cc1cc(I)cc(C)c1Cc1nc(-c2cc(F)cc(OCC(C)C)c2)ccc1C(=O)CS(=O)(=O)c1cccc(N)n1. The van der Waals surface area contributed by atoms with Crippen LogP contribution in [0.15, 0.2) is 119 Å². The first-order chi connectivity index (χ1) is 34.4. The van der Waals surface area contributed by atoms with Crippen LogP contribution in [-0.2, 0) is 26.1 Å². The van der Waals surface area contributed by atoms with Gasteiger partial charge in [0.25, 0.3) is 0 Å². The molecule has 0 aliphatic rings. The molecule has 4 aromatic heterocycles. The van der Waals surface area contributed by atoms with Gasteiger partial charge in [-0.3, -0.25) is 14.6 Å². The van der Waals surface area contributed by atoms with Gasteiger partial charge in [0.2, 0.25) is 19.7 Å². The molecule has 0 radical (unpaired) electrons. The molecule has 0 unspecified atom stereocenters. The number of ether oxygens (including phenoxy) is 2. The number of ketones is 2. The second kappa shape index (κ2) is 24.1. The molecule has 0 bridgehead atoms. The van der Waals surface area contributed by atoms with E-state index in [-0.39, 0.29) is 56.2 Å². The molecule has 20 heteroatoms. The van der Waals surface area contributed by atoms with E-state index < -0.39 is 54.4 Å². The number of benzene rings is 3. The van der Waals surface area contributed by atoms with E-state index in [4.69, 9.17) is 37.5 Å². The Balaban J connectivity index is 0.000000246. The van der Waals surface area contributed by atoms with Crippen LogP contribution in [0.3, 0.4) is 0 Å². The van der Waals surface area contributed by atoms with Gasteiger partial charge >= 0.3 is 0 Å². The third-order valence-electron chi connectivity index (χ3n) is 10.7. The van der Waals surface area contributed by atoms with Crippen LogP contribution >= 0.6 is 34.2 Å². The van der Waals surface area contributed by atoms with E-state index in [9.17, 15) is 35.2 Å². The number of carbonyl (C=O) groups excluding carboxylic acids is 2. The summed E-state index contributed by atoms with van der Waals surface area (Å²) in [6.45, 7) is 12.8. The molecular formula is C53H52ClF2IN6O8S2. The van der Waals surface area contributed by atoms with Crippen LogP contribution in [0, 0.1) is 40.9 Å². The fourth-order valence-corrected chi connectivity index (χ4v) is 10.8. The van der Waals surface area contributed by atoms with Crippen LogP contribution in [-0.4, -0.2) is 73.1 Å². The standard InChI is InChI=1S/C31H31FIN3O4S.C22H21ClFN3O4S/c1-18(2)16-40-24-13-21(12-22(32)14-24)27-9-8-25(28(35-27)15-26-19(3)10-23(33)11-20(26)4)29(37)17-41(38,39)31-7-5-6-30(34)36-31;1-13(2)11-31-16-9-14(8-15(24)10-16)18-7-6-17(22(23)26-18)19(28)12-32(29,30)21-5-3-4-20(25)27-21/h5-14,18H,15-17H2,1-4H3,(H2,34,36);3-10,13H,11-12H2,1-2H3,(H2,25,27). The van der Waals surface area contributed by atoms with Crippen molar-refractivity contribution >= 4 is 77.1 Å². The lowest BCUT2D eigenvalue weighted by Crippen LogP contribution is -2.20. The summed E-state index contributed by atoms with van der Waals surface area (Å²) < 4.78 is 92.1. The van der Waals surface area contributed by atoms with Gasteiger partial charge in [-0.1, -0.05) is 51.4 Å². The van der Waals surface area contributed by atoms with Crippen molar-refractivity contribution in [3.05, 3.63) is 163 Å². The van der Waals surface area contributed by atoms with Crippen molar-refractivity contribution in [3.8, 4) is 34.0 Å². The van der Waals surface area contributed by atoms with Gasteiger partial charge in [-0.25, -0.2) is 40.6 Å². The molecule has 4 heterocycles. The number of nitrogens with two attached hydrogens (primary N) is 2. The van der Waals surface area contributed by atoms with Crippen molar-refractivity contribution in [2.24, 2.45) is 11.8 Å². The highest BCUT2D eigenvalue weighted by molar-refractivity contribution is 14.1. The molecule has 3 aromatic carbocycles. The van der Waals surface area contributed by atoms with E-state index in [0.29, 0.717) is 52.9 Å². The highest BCUT2D eigenvalue weighted by Crippen LogP contribution is 2.31. The average Bonchev–Trinajstić information content (AvgIpc) is 3.30. The third-order valence-corrected chi connectivity index (χ3v) is 14.6. The number of carbonyl (C=O) groups is 2. The number of anilines is 2. The highest BCUT2D eigenvalue weighted by Gasteiger charge is 2.27. The number of halogens is 4. The summed E-state index contributed by atoms with van der Waals surface area (Å²) in [5.41, 5.74) is 16.3. The monoisotopic (exact) mass is 1160 g/mol. The Labute approximate surface area is 442 Å². The Morgan fingerprint density at radius 1 is 0.616 bits per heavy atom. The Kier molecular flexibility index (Phi) is 18.4. The van der Waals surface area contributed by atoms with Crippen LogP contribution in [0.5, 0.6) is 11.5 Å². The zero-order valence-electron chi connectivity index (χ0n) is 40.6. The van der Waals surface area contributed by atoms with Crippen molar-refractivity contribution in [1.29, 1.82) is 0 Å². The normalized spacial score (nSPS) is 11.6. The second-order valence-electron chi connectivity index (χ2n) is 17.8. The number of rotatable bonds is 18. The number of nitrogen functional groups attached to an aromatic ring is 2. The number of aromatic nitrogens is 4. The van der Waals surface area contributed by atoms with Crippen molar-refractivity contribution in [3.63, 3.8) is 0 Å². The zero-order valence-corrected chi connectivity index (χ0v) is 45.2. The molecule has 7 rings (SSSR count). The summed E-state index contributed by atoms with van der Waals surface area (Å²) in [4.78, 5) is 42.7. The van der Waals surface area contributed by atoms with Gasteiger partial charge in [0.15, 0.2) is 21.6 Å². The van der Waals surface area contributed by atoms with Crippen LogP contribution in [0.25, 0.3) is 22.5 Å². The smallest absolute Gasteiger partial charge is 0.203 e. The summed E-state index contributed by atoms with van der Waals surface area (Å²) >= 11 is 8.42. The largest absolute Gasteiger partial charge is 0.493 e. The van der Waals surface area contributed by atoms with E-state index in [0.717, 1.165) is 20.3 Å². The Hall–Kier alpha value is -6.42. The first kappa shape index (κ1) is 55.9. The minimum absolute atomic E-state index is 0.0226. The number of pyridine rings is 4. The molecule has 0 saturated heterocycles. The lowest BCUT2D eigenvalue weighted by atomic mass is 9.95. The van der Waals surface area contributed by atoms with Crippen molar-refractivity contribution in [2.45, 2.75) is 58.0 Å². The lowest BCUT2D eigenvalue weighted by molar-refractivity contribution is 0.101. The van der Waals surface area contributed by atoms with Crippen molar-refractivity contribution < 1.29 is 44.7 Å². The third kappa shape index (κ3) is 15.3. The summed E-state index contributed by atoms with van der Waals surface area (Å²) in [6, 6.07) is 26.9. The number of hydrogen-bond acceptors (Lipinski definition) is 14. The van der Waals surface area contributed by atoms with E-state index in [1.165, 1.54) is 72.8 Å². The van der Waals surface area contributed by atoms with Gasteiger partial charge in [-0.2, -0.15) is 0 Å². The molecule has 0 fully saturated rings. The molecule has 0 atom stereocenters. The predicted octanol–water partition coefficient (Wildman–Crippen LogP) is 10.6. The summed E-state index contributed by atoms with van der Waals surface area (Å²) in [5.74, 6) is -2.70. The summed E-state index contributed by atoms with van der Waals surface area (Å²) in [6.07, 6.45) is 0.284.